The van der Waals surface area contributed by atoms with Crippen molar-refractivity contribution in [2.45, 2.75) is 0 Å². The van der Waals surface area contributed by atoms with E-state index in [9.17, 15) is 0 Å². The van der Waals surface area contributed by atoms with Gasteiger partial charge in [-0.15, -0.1) is 12.4 Å². The van der Waals surface area contributed by atoms with Crippen molar-refractivity contribution in [3.05, 3.63) is 54.1 Å². The van der Waals surface area contributed by atoms with E-state index in [0.29, 0.717) is 13.2 Å². The van der Waals surface area contributed by atoms with Crippen LogP contribution in [0.25, 0.3) is 12.2 Å². The summed E-state index contributed by atoms with van der Waals surface area (Å²) in [6.45, 7) is 0.996. The van der Waals surface area contributed by atoms with E-state index in [1.807, 2.05) is 30.4 Å². The molecule has 5 heteroatoms. The highest BCUT2D eigenvalue weighted by molar-refractivity contribution is 5.85. The number of aromatic nitrogens is 2. The number of hydrogen-bond acceptors (Lipinski definition) is 4. The van der Waals surface area contributed by atoms with Crippen LogP contribution >= 0.6 is 12.4 Å². The molecule has 0 saturated heterocycles. The van der Waals surface area contributed by atoms with Crippen LogP contribution in [0.1, 0.15) is 11.1 Å². The second kappa shape index (κ2) is 8.24. The summed E-state index contributed by atoms with van der Waals surface area (Å²) in [5, 5.41) is 0. The molecule has 2 aromatic heterocycles. The summed E-state index contributed by atoms with van der Waals surface area (Å²) in [6, 6.07) is 5.82. The van der Waals surface area contributed by atoms with Crippen molar-refractivity contribution in [1.29, 1.82) is 0 Å². The molecule has 0 aliphatic carbocycles. The Bertz CT molecular complexity index is 517. The van der Waals surface area contributed by atoms with Gasteiger partial charge in [-0.25, -0.2) is 0 Å². The third-order valence-electron chi connectivity index (χ3n) is 2.30. The maximum Gasteiger partial charge on any atom is 0.138 e. The normalized spacial score (nSPS) is 10.2. The van der Waals surface area contributed by atoms with Crippen molar-refractivity contribution < 1.29 is 4.74 Å². The minimum absolute atomic E-state index is 0. The van der Waals surface area contributed by atoms with Crippen LogP contribution in [0.2, 0.25) is 0 Å². The number of hydrogen-bond donors (Lipinski definition) is 1. The Labute approximate surface area is 118 Å². The zero-order valence-corrected chi connectivity index (χ0v) is 11.2. The summed E-state index contributed by atoms with van der Waals surface area (Å²) in [4.78, 5) is 8.09. The summed E-state index contributed by atoms with van der Waals surface area (Å²) >= 11 is 0. The molecule has 0 aliphatic rings. The molecule has 2 heterocycles. The fourth-order valence-electron chi connectivity index (χ4n) is 1.45. The summed E-state index contributed by atoms with van der Waals surface area (Å²) in [7, 11) is 0. The molecule has 0 saturated carbocycles. The largest absolute Gasteiger partial charge is 0.491 e. The van der Waals surface area contributed by atoms with Crippen LogP contribution in [0.15, 0.2) is 43.0 Å². The van der Waals surface area contributed by atoms with Crippen LogP contribution in [0.4, 0.5) is 0 Å². The van der Waals surface area contributed by atoms with Crippen molar-refractivity contribution in [3.63, 3.8) is 0 Å². The van der Waals surface area contributed by atoms with E-state index >= 15 is 0 Å². The van der Waals surface area contributed by atoms with Crippen molar-refractivity contribution in [1.82, 2.24) is 9.97 Å². The third kappa shape index (κ3) is 5.07. The number of nitrogens with zero attached hydrogens (tertiary/aromatic N) is 2. The zero-order chi connectivity index (χ0) is 12.6. The number of ether oxygens (including phenoxy) is 1. The Balaban J connectivity index is 0.00000180. The molecule has 0 unspecified atom stereocenters. The third-order valence-corrected chi connectivity index (χ3v) is 2.30. The monoisotopic (exact) mass is 277 g/mol. The van der Waals surface area contributed by atoms with Gasteiger partial charge in [0, 0.05) is 25.1 Å². The van der Waals surface area contributed by atoms with E-state index in [1.165, 1.54) is 0 Å². The van der Waals surface area contributed by atoms with E-state index in [-0.39, 0.29) is 12.4 Å². The summed E-state index contributed by atoms with van der Waals surface area (Å²) in [5.74, 6) is 0.734. The van der Waals surface area contributed by atoms with E-state index in [2.05, 4.69) is 9.97 Å². The Morgan fingerprint density at radius 2 is 1.79 bits per heavy atom. The average Bonchev–Trinajstić information content (AvgIpc) is 2.44. The Morgan fingerprint density at radius 3 is 2.53 bits per heavy atom. The predicted octanol–water partition coefficient (Wildman–Crippen LogP) is 2.41. The van der Waals surface area contributed by atoms with Gasteiger partial charge in [0.2, 0.25) is 0 Å². The van der Waals surface area contributed by atoms with Crippen LogP contribution in [-0.4, -0.2) is 23.1 Å². The van der Waals surface area contributed by atoms with Crippen molar-refractivity contribution in [3.8, 4) is 5.75 Å². The molecule has 19 heavy (non-hydrogen) atoms. The highest BCUT2D eigenvalue weighted by Crippen LogP contribution is 2.13. The van der Waals surface area contributed by atoms with Gasteiger partial charge in [-0.05, 0) is 29.3 Å². The van der Waals surface area contributed by atoms with Gasteiger partial charge >= 0.3 is 0 Å². The molecule has 100 valence electrons. The van der Waals surface area contributed by atoms with E-state index in [1.54, 1.807) is 24.8 Å². The first kappa shape index (κ1) is 15.1. The minimum atomic E-state index is 0. The first-order valence-corrected chi connectivity index (χ1v) is 5.74. The second-order valence-electron chi connectivity index (χ2n) is 3.70. The second-order valence-corrected chi connectivity index (χ2v) is 3.70. The van der Waals surface area contributed by atoms with E-state index in [4.69, 9.17) is 10.5 Å². The molecule has 2 N–H and O–H groups in total. The summed E-state index contributed by atoms with van der Waals surface area (Å²) in [6.07, 6.45) is 11.0. The molecule has 2 rings (SSSR count). The number of halogens is 1. The van der Waals surface area contributed by atoms with Crippen LogP contribution in [0.3, 0.4) is 0 Å². The quantitative estimate of drug-likeness (QED) is 0.912. The number of pyridine rings is 2. The van der Waals surface area contributed by atoms with Gasteiger partial charge in [-0.2, -0.15) is 0 Å². The molecule has 0 aromatic carbocycles. The molecule has 0 bridgehead atoms. The predicted molar refractivity (Wildman–Crippen MR) is 79.2 cm³/mol. The van der Waals surface area contributed by atoms with Gasteiger partial charge in [0.15, 0.2) is 0 Å². The average molecular weight is 278 g/mol. The van der Waals surface area contributed by atoms with Gasteiger partial charge in [0.05, 0.1) is 6.20 Å². The lowest BCUT2D eigenvalue weighted by Crippen LogP contribution is -2.10. The molecule has 0 aliphatic heterocycles. The lowest BCUT2D eigenvalue weighted by molar-refractivity contribution is 0.327. The van der Waals surface area contributed by atoms with Crippen LogP contribution < -0.4 is 10.5 Å². The molecule has 2 aromatic rings. The number of nitrogens with two attached hydrogens (primary N) is 1. The molecule has 4 nitrogen and oxygen atoms in total. The van der Waals surface area contributed by atoms with Gasteiger partial charge in [0.1, 0.15) is 12.4 Å². The van der Waals surface area contributed by atoms with Crippen LogP contribution in [0, 0.1) is 0 Å². The minimum Gasteiger partial charge on any atom is -0.491 e. The lowest BCUT2D eigenvalue weighted by Gasteiger charge is -2.03. The molecule has 0 fully saturated rings. The Kier molecular flexibility index (Phi) is 6.57. The maximum atomic E-state index is 5.42. The maximum absolute atomic E-state index is 5.42. The van der Waals surface area contributed by atoms with Crippen molar-refractivity contribution >= 4 is 24.6 Å². The first-order valence-electron chi connectivity index (χ1n) is 5.74. The molecular formula is C14H16ClN3O. The van der Waals surface area contributed by atoms with Gasteiger partial charge in [-0.1, -0.05) is 12.2 Å². The summed E-state index contributed by atoms with van der Waals surface area (Å²) in [5.41, 5.74) is 7.47. The molecule has 0 spiro atoms. The Morgan fingerprint density at radius 1 is 1.05 bits per heavy atom. The van der Waals surface area contributed by atoms with E-state index in [0.717, 1.165) is 16.9 Å². The standard InChI is InChI=1S/C14H15N3O.ClH/c15-5-8-18-14-9-13(10-17-11-14)2-1-12-3-6-16-7-4-12;/h1-4,6-7,9-11H,5,8,15H2;1H. The van der Waals surface area contributed by atoms with Crippen LogP contribution in [0.5, 0.6) is 5.75 Å². The molecule has 0 atom stereocenters. The summed E-state index contributed by atoms with van der Waals surface area (Å²) < 4.78 is 5.42. The topological polar surface area (TPSA) is 61.0 Å². The number of rotatable bonds is 5. The van der Waals surface area contributed by atoms with Gasteiger partial charge < -0.3 is 10.5 Å². The lowest BCUT2D eigenvalue weighted by atomic mass is 10.2. The SMILES string of the molecule is Cl.NCCOc1cncc(C=Cc2ccncc2)c1. The fraction of sp³-hybridized carbons (Fsp3) is 0.143. The molecular weight excluding hydrogens is 262 g/mol. The highest BCUT2D eigenvalue weighted by Gasteiger charge is 1.95. The first-order chi connectivity index (χ1) is 8.88. The Hall–Kier alpha value is -1.91. The van der Waals surface area contributed by atoms with Gasteiger partial charge in [-0.3, -0.25) is 9.97 Å². The molecule has 0 amide bonds. The van der Waals surface area contributed by atoms with Gasteiger partial charge in [0.25, 0.3) is 0 Å². The molecule has 0 radical (unpaired) electrons. The fourth-order valence-corrected chi connectivity index (χ4v) is 1.45. The van der Waals surface area contributed by atoms with E-state index < -0.39 is 0 Å². The van der Waals surface area contributed by atoms with Crippen molar-refractivity contribution in [2.75, 3.05) is 13.2 Å². The van der Waals surface area contributed by atoms with Crippen molar-refractivity contribution in [2.24, 2.45) is 5.73 Å². The zero-order valence-electron chi connectivity index (χ0n) is 10.4. The van der Waals surface area contributed by atoms with Crippen LogP contribution in [-0.2, 0) is 0 Å². The smallest absolute Gasteiger partial charge is 0.138 e. The highest BCUT2D eigenvalue weighted by atomic mass is 35.5.